The van der Waals surface area contributed by atoms with Crippen LogP contribution in [0.3, 0.4) is 0 Å². The van der Waals surface area contributed by atoms with Crippen molar-refractivity contribution in [3.63, 3.8) is 0 Å². The molecule has 0 spiro atoms. The van der Waals surface area contributed by atoms with E-state index >= 15 is 0 Å². The summed E-state index contributed by atoms with van der Waals surface area (Å²) in [6.07, 6.45) is 16.0. The normalized spacial score (nSPS) is 25.5. The lowest BCUT2D eigenvalue weighted by molar-refractivity contribution is -0.219. The van der Waals surface area contributed by atoms with Gasteiger partial charge in [-0.25, -0.2) is 0 Å². The lowest BCUT2D eigenvalue weighted by Gasteiger charge is -2.35. The smallest absolute Gasteiger partial charge is 0.368 e. The molecule has 1 nitrogen and oxygen atoms in total. The van der Waals surface area contributed by atoms with E-state index < -0.39 is 12.3 Å². The lowest BCUT2D eigenvalue weighted by atomic mass is 9.71. The van der Waals surface area contributed by atoms with E-state index in [9.17, 15) is 13.2 Å². The summed E-state index contributed by atoms with van der Waals surface area (Å²) in [6.45, 7) is 2.38. The Labute approximate surface area is 176 Å². The Morgan fingerprint density at radius 2 is 1.45 bits per heavy atom. The second-order valence-electron chi connectivity index (χ2n) is 9.41. The molecule has 0 N–H and O–H groups in total. The predicted molar refractivity (Wildman–Crippen MR) is 115 cm³/mol. The van der Waals surface area contributed by atoms with E-state index in [1.54, 1.807) is 6.08 Å². The van der Waals surface area contributed by atoms with Crippen molar-refractivity contribution in [3.8, 4) is 0 Å². The molecule has 0 aromatic rings. The molecule has 2 saturated carbocycles. The van der Waals surface area contributed by atoms with Gasteiger partial charge in [-0.15, -0.1) is 0 Å². The number of ether oxygens (including phenoxy) is 1. The van der Waals surface area contributed by atoms with Gasteiger partial charge in [0.15, 0.2) is 6.10 Å². The molecule has 2 aliphatic rings. The number of rotatable bonds is 12. The lowest BCUT2D eigenvalue weighted by Crippen LogP contribution is -2.31. The molecule has 2 aliphatic carbocycles. The summed E-state index contributed by atoms with van der Waals surface area (Å²) in [5.74, 6) is 2.24. The quantitative estimate of drug-likeness (QED) is 0.228. The molecule has 0 aromatic heterocycles. The highest BCUT2D eigenvalue weighted by Gasteiger charge is 2.39. The second-order valence-corrected chi connectivity index (χ2v) is 9.41. The zero-order valence-corrected chi connectivity index (χ0v) is 18.5. The average Bonchev–Trinajstić information content (AvgIpc) is 2.72. The Morgan fingerprint density at radius 3 is 2.10 bits per heavy atom. The average molecular weight is 417 g/mol. The Balaban J connectivity index is 1.64. The van der Waals surface area contributed by atoms with Crippen LogP contribution in [0.1, 0.15) is 110 Å². The van der Waals surface area contributed by atoms with Gasteiger partial charge in [0.05, 0.1) is 0 Å². The zero-order valence-electron chi connectivity index (χ0n) is 18.5. The van der Waals surface area contributed by atoms with Crippen molar-refractivity contribution in [2.24, 2.45) is 17.8 Å². The Morgan fingerprint density at radius 1 is 0.828 bits per heavy atom. The molecule has 0 amide bonds. The SMILES string of the molecule is CCCCCCCCOC(CC=C[C@H]1CC[C@H](C2CCCCC2)CC1)C(F)(F)F. The molecule has 1 atom stereocenters. The number of hydrogen-bond donors (Lipinski definition) is 0. The molecule has 4 heteroatoms. The van der Waals surface area contributed by atoms with Crippen molar-refractivity contribution < 1.29 is 17.9 Å². The standard InChI is InChI=1S/C25H43F3O/c1-2-3-4-5-6-10-20-29-24(25(26,27)28)15-11-12-21-16-18-23(19-17-21)22-13-8-7-9-14-22/h11-12,21-24H,2-10,13-20H2,1H3/t21-,23-,24?. The van der Waals surface area contributed by atoms with Crippen LogP contribution in [-0.4, -0.2) is 18.9 Å². The molecule has 0 radical (unpaired) electrons. The number of hydrogen-bond acceptors (Lipinski definition) is 1. The van der Waals surface area contributed by atoms with Crippen LogP contribution in [0.15, 0.2) is 12.2 Å². The Hall–Kier alpha value is -0.510. The molecule has 29 heavy (non-hydrogen) atoms. The number of alkyl halides is 3. The third kappa shape index (κ3) is 9.89. The second kappa shape index (κ2) is 13.7. The Kier molecular flexibility index (Phi) is 11.7. The largest absolute Gasteiger partial charge is 0.414 e. The summed E-state index contributed by atoms with van der Waals surface area (Å²) in [4.78, 5) is 0. The summed E-state index contributed by atoms with van der Waals surface area (Å²) < 4.78 is 45.0. The fourth-order valence-electron chi connectivity index (χ4n) is 5.21. The third-order valence-corrected chi connectivity index (χ3v) is 7.07. The minimum Gasteiger partial charge on any atom is -0.368 e. The van der Waals surface area contributed by atoms with Gasteiger partial charge in [-0.05, 0) is 49.9 Å². The van der Waals surface area contributed by atoms with E-state index in [0.29, 0.717) is 5.92 Å². The van der Waals surface area contributed by atoms with Crippen molar-refractivity contribution in [2.75, 3.05) is 6.61 Å². The maximum Gasteiger partial charge on any atom is 0.414 e. The van der Waals surface area contributed by atoms with E-state index in [4.69, 9.17) is 4.74 Å². The molecule has 0 heterocycles. The first-order chi connectivity index (χ1) is 14.0. The molecular formula is C25H43F3O. The summed E-state index contributed by atoms with van der Waals surface area (Å²) in [5.41, 5.74) is 0. The van der Waals surface area contributed by atoms with Gasteiger partial charge >= 0.3 is 6.18 Å². The maximum absolute atomic E-state index is 13.3. The van der Waals surface area contributed by atoms with Crippen LogP contribution in [0.25, 0.3) is 0 Å². The fourth-order valence-corrected chi connectivity index (χ4v) is 5.21. The van der Waals surface area contributed by atoms with Crippen molar-refractivity contribution in [1.29, 1.82) is 0 Å². The zero-order chi connectivity index (χ0) is 21.0. The molecule has 2 fully saturated rings. The van der Waals surface area contributed by atoms with Crippen LogP contribution in [-0.2, 0) is 4.74 Å². The van der Waals surface area contributed by atoms with Gasteiger partial charge in [-0.3, -0.25) is 0 Å². The first kappa shape index (κ1) is 24.8. The van der Waals surface area contributed by atoms with Gasteiger partial charge in [-0.1, -0.05) is 83.3 Å². The highest BCUT2D eigenvalue weighted by Crippen LogP contribution is 2.40. The van der Waals surface area contributed by atoms with Crippen LogP contribution in [0.2, 0.25) is 0 Å². The van der Waals surface area contributed by atoms with E-state index in [1.165, 1.54) is 64.2 Å². The van der Waals surface area contributed by atoms with Gasteiger partial charge in [0.2, 0.25) is 0 Å². The molecule has 0 bridgehead atoms. The van der Waals surface area contributed by atoms with Gasteiger partial charge in [-0.2, -0.15) is 13.2 Å². The first-order valence-electron chi connectivity index (χ1n) is 12.4. The summed E-state index contributed by atoms with van der Waals surface area (Å²) in [7, 11) is 0. The minimum absolute atomic E-state index is 0.0398. The maximum atomic E-state index is 13.3. The van der Waals surface area contributed by atoms with Crippen LogP contribution >= 0.6 is 0 Å². The molecule has 0 aromatic carbocycles. The van der Waals surface area contributed by atoms with Crippen molar-refractivity contribution >= 4 is 0 Å². The van der Waals surface area contributed by atoms with Gasteiger partial charge in [0.1, 0.15) is 0 Å². The van der Waals surface area contributed by atoms with E-state index in [2.05, 4.69) is 6.92 Å². The monoisotopic (exact) mass is 416 g/mol. The molecule has 1 unspecified atom stereocenters. The van der Waals surface area contributed by atoms with Crippen LogP contribution < -0.4 is 0 Å². The van der Waals surface area contributed by atoms with Gasteiger partial charge in [0, 0.05) is 13.0 Å². The van der Waals surface area contributed by atoms with Crippen LogP contribution in [0, 0.1) is 17.8 Å². The molecular weight excluding hydrogens is 373 g/mol. The molecule has 170 valence electrons. The summed E-state index contributed by atoms with van der Waals surface area (Å²) >= 11 is 0. The highest BCUT2D eigenvalue weighted by molar-refractivity contribution is 4.94. The first-order valence-corrected chi connectivity index (χ1v) is 12.4. The molecule has 2 rings (SSSR count). The molecule has 0 aliphatic heterocycles. The van der Waals surface area contributed by atoms with Gasteiger partial charge in [0.25, 0.3) is 0 Å². The highest BCUT2D eigenvalue weighted by atomic mass is 19.4. The molecule has 0 saturated heterocycles. The number of halogens is 3. The Bertz CT molecular complexity index is 432. The van der Waals surface area contributed by atoms with E-state index in [1.807, 2.05) is 6.08 Å². The fraction of sp³-hybridized carbons (Fsp3) is 0.920. The van der Waals surface area contributed by atoms with Crippen LogP contribution in [0.4, 0.5) is 13.2 Å². The number of allylic oxidation sites excluding steroid dienone is 1. The van der Waals surface area contributed by atoms with Crippen molar-refractivity contribution in [1.82, 2.24) is 0 Å². The van der Waals surface area contributed by atoms with Gasteiger partial charge < -0.3 is 4.74 Å². The van der Waals surface area contributed by atoms with Crippen molar-refractivity contribution in [3.05, 3.63) is 12.2 Å². The van der Waals surface area contributed by atoms with E-state index in [-0.39, 0.29) is 13.0 Å². The number of unbranched alkanes of at least 4 members (excludes halogenated alkanes) is 5. The van der Waals surface area contributed by atoms with Crippen molar-refractivity contribution in [2.45, 2.75) is 122 Å². The predicted octanol–water partition coefficient (Wildman–Crippen LogP) is 8.63. The minimum atomic E-state index is -4.27. The topological polar surface area (TPSA) is 9.23 Å². The van der Waals surface area contributed by atoms with Crippen LogP contribution in [0.5, 0.6) is 0 Å². The summed E-state index contributed by atoms with van der Waals surface area (Å²) in [6, 6.07) is 0. The third-order valence-electron chi connectivity index (χ3n) is 7.07. The summed E-state index contributed by atoms with van der Waals surface area (Å²) in [5, 5.41) is 0. The van der Waals surface area contributed by atoms with E-state index in [0.717, 1.165) is 43.9 Å².